The maximum atomic E-state index is 5.99. The molecular weight excluding hydrogens is 368 g/mol. The van der Waals surface area contributed by atoms with Gasteiger partial charge in [0.05, 0.1) is 4.47 Å². The molecule has 0 aliphatic heterocycles. The zero-order valence-electron chi connectivity index (χ0n) is 12.6. The number of aromatic amines is 1. The summed E-state index contributed by atoms with van der Waals surface area (Å²) >= 11 is 3.54. The van der Waals surface area contributed by atoms with Crippen LogP contribution in [0.2, 0.25) is 0 Å². The first-order chi connectivity index (χ1) is 11.8. The van der Waals surface area contributed by atoms with E-state index in [4.69, 9.17) is 4.74 Å². The summed E-state index contributed by atoms with van der Waals surface area (Å²) in [5, 5.41) is 16.4. The number of nitrogens with zero attached hydrogens (tertiary/aromatic N) is 3. The molecule has 0 aliphatic carbocycles. The Kier molecular flexibility index (Phi) is 3.96. The Morgan fingerprint density at radius 2 is 1.88 bits per heavy atom. The van der Waals surface area contributed by atoms with Crippen LogP contribution in [0.25, 0.3) is 22.2 Å². The van der Waals surface area contributed by atoms with Gasteiger partial charge >= 0.3 is 0 Å². The average Bonchev–Trinajstić information content (AvgIpc) is 3.15. The molecule has 0 unspecified atom stereocenters. The van der Waals surface area contributed by atoms with E-state index in [0.717, 1.165) is 21.3 Å². The minimum absolute atomic E-state index is 0.501. The number of rotatable bonds is 4. The minimum atomic E-state index is 0.501. The van der Waals surface area contributed by atoms with Gasteiger partial charge in [0.25, 0.3) is 0 Å². The monoisotopic (exact) mass is 380 g/mol. The van der Waals surface area contributed by atoms with Crippen LogP contribution in [0.3, 0.4) is 0 Å². The van der Waals surface area contributed by atoms with Gasteiger partial charge in [0.1, 0.15) is 12.4 Å². The lowest BCUT2D eigenvalue weighted by Crippen LogP contribution is -1.97. The summed E-state index contributed by atoms with van der Waals surface area (Å²) in [5.74, 6) is 1.33. The first-order valence-electron chi connectivity index (χ1n) is 7.44. The predicted molar refractivity (Wildman–Crippen MR) is 95.6 cm³/mol. The lowest BCUT2D eigenvalue weighted by atomic mass is 10.1. The van der Waals surface area contributed by atoms with Crippen molar-refractivity contribution < 1.29 is 4.74 Å². The third-order valence-electron chi connectivity index (χ3n) is 3.80. The van der Waals surface area contributed by atoms with E-state index in [1.54, 1.807) is 0 Å². The number of ether oxygens (including phenoxy) is 1. The summed E-state index contributed by atoms with van der Waals surface area (Å²) in [6, 6.07) is 20.3. The second kappa shape index (κ2) is 6.41. The number of H-pyrrole nitrogens is 1. The van der Waals surface area contributed by atoms with E-state index in [1.165, 1.54) is 10.8 Å². The molecule has 0 spiro atoms. The van der Waals surface area contributed by atoms with Gasteiger partial charge in [0.2, 0.25) is 5.82 Å². The van der Waals surface area contributed by atoms with Crippen molar-refractivity contribution in [3.05, 3.63) is 70.7 Å². The molecule has 4 rings (SSSR count). The second-order valence-corrected chi connectivity index (χ2v) is 6.16. The summed E-state index contributed by atoms with van der Waals surface area (Å²) in [6.07, 6.45) is 0. The molecule has 1 N–H and O–H groups in total. The van der Waals surface area contributed by atoms with Gasteiger partial charge in [0, 0.05) is 5.56 Å². The number of fused-ring (bicyclic) bond motifs is 1. The molecule has 1 heterocycles. The third-order valence-corrected chi connectivity index (χ3v) is 4.42. The van der Waals surface area contributed by atoms with Crippen molar-refractivity contribution >= 4 is 26.7 Å². The molecule has 0 radical (unpaired) electrons. The van der Waals surface area contributed by atoms with E-state index in [-0.39, 0.29) is 0 Å². The molecule has 0 bridgehead atoms. The molecule has 0 aliphatic rings. The molecule has 0 saturated carbocycles. The maximum absolute atomic E-state index is 5.99. The highest BCUT2D eigenvalue weighted by Crippen LogP contribution is 2.30. The molecule has 6 heteroatoms. The molecule has 118 valence electrons. The van der Waals surface area contributed by atoms with E-state index in [2.05, 4.69) is 66.9 Å². The SMILES string of the molecule is Brc1cc(-c2nn[nH]n2)ccc1OCc1cccc2ccccc12. The highest BCUT2D eigenvalue weighted by molar-refractivity contribution is 9.10. The van der Waals surface area contributed by atoms with Crippen LogP contribution >= 0.6 is 15.9 Å². The van der Waals surface area contributed by atoms with Gasteiger partial charge in [-0.1, -0.05) is 42.5 Å². The third kappa shape index (κ3) is 2.88. The lowest BCUT2D eigenvalue weighted by molar-refractivity contribution is 0.306. The molecular formula is C18H13BrN4O. The van der Waals surface area contributed by atoms with Crippen molar-refractivity contribution in [2.45, 2.75) is 6.61 Å². The van der Waals surface area contributed by atoms with Crippen LogP contribution in [0.1, 0.15) is 5.56 Å². The van der Waals surface area contributed by atoms with Gasteiger partial charge in [-0.05, 0) is 55.7 Å². The van der Waals surface area contributed by atoms with Crippen molar-refractivity contribution in [1.82, 2.24) is 20.6 Å². The lowest BCUT2D eigenvalue weighted by Gasteiger charge is -2.11. The van der Waals surface area contributed by atoms with Gasteiger partial charge in [-0.25, -0.2) is 0 Å². The van der Waals surface area contributed by atoms with E-state index in [0.29, 0.717) is 12.4 Å². The Morgan fingerprint density at radius 1 is 1.00 bits per heavy atom. The van der Waals surface area contributed by atoms with Crippen LogP contribution in [-0.4, -0.2) is 20.6 Å². The van der Waals surface area contributed by atoms with Crippen LogP contribution in [0, 0.1) is 0 Å². The van der Waals surface area contributed by atoms with Crippen molar-refractivity contribution in [1.29, 1.82) is 0 Å². The molecule has 0 fully saturated rings. The van der Waals surface area contributed by atoms with Crippen LogP contribution in [0.5, 0.6) is 5.75 Å². The topological polar surface area (TPSA) is 63.7 Å². The molecule has 5 nitrogen and oxygen atoms in total. The van der Waals surface area contributed by atoms with Crippen molar-refractivity contribution in [2.75, 3.05) is 0 Å². The van der Waals surface area contributed by atoms with Crippen LogP contribution in [-0.2, 0) is 6.61 Å². The Balaban J connectivity index is 1.57. The Morgan fingerprint density at radius 3 is 2.71 bits per heavy atom. The number of nitrogens with one attached hydrogen (secondary N) is 1. The summed E-state index contributed by atoms with van der Waals surface area (Å²) < 4.78 is 6.84. The summed E-state index contributed by atoms with van der Waals surface area (Å²) in [5.41, 5.74) is 2.02. The summed E-state index contributed by atoms with van der Waals surface area (Å²) in [6.45, 7) is 0.501. The fraction of sp³-hybridized carbons (Fsp3) is 0.0556. The van der Waals surface area contributed by atoms with Crippen molar-refractivity contribution in [2.24, 2.45) is 0 Å². The quantitative estimate of drug-likeness (QED) is 0.571. The average molecular weight is 381 g/mol. The summed E-state index contributed by atoms with van der Waals surface area (Å²) in [7, 11) is 0. The van der Waals surface area contributed by atoms with Crippen LogP contribution in [0.4, 0.5) is 0 Å². The highest BCUT2D eigenvalue weighted by Gasteiger charge is 2.08. The second-order valence-electron chi connectivity index (χ2n) is 5.31. The zero-order valence-corrected chi connectivity index (χ0v) is 14.2. The number of aromatic nitrogens is 4. The highest BCUT2D eigenvalue weighted by atomic mass is 79.9. The zero-order chi connectivity index (χ0) is 16.4. The Labute approximate surface area is 146 Å². The smallest absolute Gasteiger partial charge is 0.204 e. The van der Waals surface area contributed by atoms with E-state index >= 15 is 0 Å². The molecule has 0 amide bonds. The number of halogens is 1. The normalized spacial score (nSPS) is 10.9. The molecule has 1 aromatic heterocycles. The number of benzene rings is 3. The molecule has 0 saturated heterocycles. The minimum Gasteiger partial charge on any atom is -0.488 e. The van der Waals surface area contributed by atoms with Crippen LogP contribution < -0.4 is 4.74 Å². The standard InChI is InChI=1S/C18H13BrN4O/c19-16-10-13(18-20-22-23-21-18)8-9-17(16)24-11-14-6-3-5-12-4-1-2-7-15(12)14/h1-10H,11H2,(H,20,21,22,23). The summed E-state index contributed by atoms with van der Waals surface area (Å²) in [4.78, 5) is 0. The van der Waals surface area contributed by atoms with Crippen LogP contribution in [0.15, 0.2) is 65.1 Å². The first-order valence-corrected chi connectivity index (χ1v) is 8.23. The van der Waals surface area contributed by atoms with E-state index in [1.807, 2.05) is 30.3 Å². The maximum Gasteiger partial charge on any atom is 0.204 e. The predicted octanol–water partition coefficient (Wildman–Crippen LogP) is 4.36. The van der Waals surface area contributed by atoms with E-state index < -0.39 is 0 Å². The Bertz CT molecular complexity index is 980. The van der Waals surface area contributed by atoms with Gasteiger partial charge < -0.3 is 4.74 Å². The van der Waals surface area contributed by atoms with Crippen molar-refractivity contribution in [3.8, 4) is 17.1 Å². The van der Waals surface area contributed by atoms with Gasteiger partial charge in [-0.15, -0.1) is 10.2 Å². The van der Waals surface area contributed by atoms with Gasteiger partial charge in [-0.2, -0.15) is 5.21 Å². The first kappa shape index (κ1) is 14.8. The fourth-order valence-electron chi connectivity index (χ4n) is 2.61. The van der Waals surface area contributed by atoms with Crippen molar-refractivity contribution in [3.63, 3.8) is 0 Å². The number of hydrogen-bond donors (Lipinski definition) is 1. The Hall–Kier alpha value is -2.73. The number of hydrogen-bond acceptors (Lipinski definition) is 4. The largest absolute Gasteiger partial charge is 0.488 e. The van der Waals surface area contributed by atoms with E-state index in [9.17, 15) is 0 Å². The van der Waals surface area contributed by atoms with Gasteiger partial charge in [0.15, 0.2) is 0 Å². The van der Waals surface area contributed by atoms with Gasteiger partial charge in [-0.3, -0.25) is 0 Å². The number of tetrazole rings is 1. The fourth-order valence-corrected chi connectivity index (χ4v) is 3.11. The molecule has 4 aromatic rings. The molecule has 3 aromatic carbocycles. The molecule has 0 atom stereocenters. The molecule has 24 heavy (non-hydrogen) atoms.